The molecule has 2 fully saturated rings. The largest absolute Gasteiger partial charge is 0.389 e. The molecule has 3 rings (SSSR count). The molecule has 3 atom stereocenters. The molecule has 0 bridgehead atoms. The van der Waals surface area contributed by atoms with Gasteiger partial charge < -0.3 is 15.3 Å². The van der Waals surface area contributed by atoms with Crippen LogP contribution in [0.25, 0.3) is 0 Å². The monoisotopic (exact) mass is 351 g/mol. The second-order valence-corrected chi connectivity index (χ2v) is 7.66. The van der Waals surface area contributed by atoms with E-state index in [2.05, 4.69) is 10.2 Å². The maximum atomic E-state index is 12.3. The highest BCUT2D eigenvalue weighted by Crippen LogP contribution is 2.26. The van der Waals surface area contributed by atoms with Crippen LogP contribution in [0.5, 0.6) is 0 Å². The van der Waals surface area contributed by atoms with Gasteiger partial charge in [0.15, 0.2) is 0 Å². The Bertz CT molecular complexity index is 610. The average molecular weight is 351 g/mol. The summed E-state index contributed by atoms with van der Waals surface area (Å²) >= 11 is 1.43. The first-order valence-corrected chi connectivity index (χ1v) is 9.37. The first kappa shape index (κ1) is 17.4. The minimum atomic E-state index is -0.557. The summed E-state index contributed by atoms with van der Waals surface area (Å²) in [4.78, 5) is 28.5. The van der Waals surface area contributed by atoms with Crippen molar-refractivity contribution < 1.29 is 14.7 Å². The van der Waals surface area contributed by atoms with E-state index in [-0.39, 0.29) is 23.9 Å². The third kappa shape index (κ3) is 3.63. The zero-order valence-electron chi connectivity index (χ0n) is 14.2. The molecule has 6 nitrogen and oxygen atoms in total. The van der Waals surface area contributed by atoms with Gasteiger partial charge in [0, 0.05) is 39.1 Å². The second kappa shape index (κ2) is 7.21. The molecule has 1 aromatic heterocycles. The zero-order chi connectivity index (χ0) is 17.3. The number of piperazine rings is 1. The lowest BCUT2D eigenvalue weighted by atomic mass is 10.1. The summed E-state index contributed by atoms with van der Waals surface area (Å²) in [5.41, 5.74) is 1.08. The molecule has 0 radical (unpaired) electrons. The minimum Gasteiger partial charge on any atom is -0.389 e. The second-order valence-electron chi connectivity index (χ2n) is 6.75. The van der Waals surface area contributed by atoms with E-state index in [9.17, 15) is 14.7 Å². The van der Waals surface area contributed by atoms with E-state index in [1.807, 2.05) is 23.3 Å². The Labute approximate surface area is 146 Å². The van der Waals surface area contributed by atoms with Gasteiger partial charge in [-0.15, -0.1) is 11.3 Å². The number of hydrogen-bond acceptors (Lipinski definition) is 5. The smallest absolute Gasteiger partial charge is 0.261 e. The summed E-state index contributed by atoms with van der Waals surface area (Å²) in [7, 11) is 0. The van der Waals surface area contributed by atoms with Crippen LogP contribution in [-0.2, 0) is 4.79 Å². The van der Waals surface area contributed by atoms with E-state index in [1.165, 1.54) is 11.3 Å². The van der Waals surface area contributed by atoms with Gasteiger partial charge in [0.2, 0.25) is 5.91 Å². The van der Waals surface area contributed by atoms with Crippen molar-refractivity contribution >= 4 is 23.2 Å². The molecule has 1 saturated heterocycles. The predicted octanol–water partition coefficient (Wildman–Crippen LogP) is 0.842. The maximum Gasteiger partial charge on any atom is 0.261 e. The van der Waals surface area contributed by atoms with Crippen molar-refractivity contribution in [2.45, 2.75) is 44.9 Å². The van der Waals surface area contributed by atoms with Crippen LogP contribution in [0.15, 0.2) is 11.4 Å². The van der Waals surface area contributed by atoms with Gasteiger partial charge in [-0.3, -0.25) is 14.5 Å². The third-order valence-electron chi connectivity index (χ3n) is 5.08. The topological polar surface area (TPSA) is 72.9 Å². The molecule has 0 unspecified atom stereocenters. The van der Waals surface area contributed by atoms with Gasteiger partial charge in [-0.25, -0.2) is 0 Å². The number of nitrogens with zero attached hydrogens (tertiary/aromatic N) is 2. The molecule has 1 aromatic rings. The van der Waals surface area contributed by atoms with Gasteiger partial charge in [0.05, 0.1) is 17.0 Å². The van der Waals surface area contributed by atoms with Crippen molar-refractivity contribution in [3.05, 3.63) is 21.9 Å². The van der Waals surface area contributed by atoms with Crippen molar-refractivity contribution in [3.63, 3.8) is 0 Å². The number of aliphatic hydroxyl groups excluding tert-OH is 1. The van der Waals surface area contributed by atoms with Gasteiger partial charge in [-0.05, 0) is 36.8 Å². The molecule has 0 spiro atoms. The molecule has 1 aliphatic carbocycles. The highest BCUT2D eigenvalue weighted by molar-refractivity contribution is 7.12. The fourth-order valence-corrected chi connectivity index (χ4v) is 4.48. The molecule has 2 amide bonds. The predicted molar refractivity (Wildman–Crippen MR) is 93.2 cm³/mol. The maximum absolute atomic E-state index is 12.3. The lowest BCUT2D eigenvalue weighted by Gasteiger charge is -2.39. The Morgan fingerprint density at radius 2 is 1.96 bits per heavy atom. The van der Waals surface area contributed by atoms with Gasteiger partial charge in [-0.1, -0.05) is 0 Å². The van der Waals surface area contributed by atoms with Crippen LogP contribution in [0, 0.1) is 6.92 Å². The number of nitrogens with one attached hydrogen (secondary N) is 1. The quantitative estimate of drug-likeness (QED) is 0.847. The minimum absolute atomic E-state index is 0.0643. The first-order chi connectivity index (χ1) is 11.5. The Morgan fingerprint density at radius 1 is 1.25 bits per heavy atom. The van der Waals surface area contributed by atoms with Crippen LogP contribution in [0.4, 0.5) is 0 Å². The van der Waals surface area contributed by atoms with E-state index in [4.69, 9.17) is 0 Å². The van der Waals surface area contributed by atoms with Crippen molar-refractivity contribution in [1.29, 1.82) is 0 Å². The van der Waals surface area contributed by atoms with Crippen molar-refractivity contribution in [2.75, 3.05) is 26.2 Å². The van der Waals surface area contributed by atoms with E-state index in [0.717, 1.165) is 31.5 Å². The van der Waals surface area contributed by atoms with E-state index < -0.39 is 6.10 Å². The number of carbonyl (C=O) groups excluding carboxylic acids is 2. The van der Waals surface area contributed by atoms with Gasteiger partial charge >= 0.3 is 0 Å². The molecule has 1 aliphatic heterocycles. The number of aryl methyl sites for hydroxylation is 1. The molecule has 0 aromatic carbocycles. The SMILES string of the molecule is CC(=O)N1CCN([C@@H]2CC[C@@H](NC(=O)c3cc(C)cs3)[C@H]2O)CC1. The van der Waals surface area contributed by atoms with E-state index >= 15 is 0 Å². The number of carbonyl (C=O) groups is 2. The Morgan fingerprint density at radius 3 is 2.54 bits per heavy atom. The number of amides is 2. The third-order valence-corrected chi connectivity index (χ3v) is 6.13. The fraction of sp³-hybridized carbons (Fsp3) is 0.647. The summed E-state index contributed by atoms with van der Waals surface area (Å²) in [6.07, 6.45) is 1.10. The Kier molecular flexibility index (Phi) is 5.22. The average Bonchev–Trinajstić information content (AvgIpc) is 3.14. The van der Waals surface area contributed by atoms with Crippen LogP contribution in [0.2, 0.25) is 0 Å². The number of aliphatic hydroxyl groups is 1. The van der Waals surface area contributed by atoms with E-state index in [0.29, 0.717) is 18.0 Å². The normalized spacial score (nSPS) is 28.1. The van der Waals surface area contributed by atoms with Crippen LogP contribution in [-0.4, -0.2) is 71.1 Å². The highest BCUT2D eigenvalue weighted by atomic mass is 32.1. The van der Waals surface area contributed by atoms with Crippen molar-refractivity contribution in [2.24, 2.45) is 0 Å². The molecule has 2 N–H and O–H groups in total. The van der Waals surface area contributed by atoms with Gasteiger partial charge in [0.25, 0.3) is 5.91 Å². The molecule has 2 heterocycles. The zero-order valence-corrected chi connectivity index (χ0v) is 15.0. The van der Waals surface area contributed by atoms with Crippen molar-refractivity contribution in [1.82, 2.24) is 15.1 Å². The number of rotatable bonds is 3. The van der Waals surface area contributed by atoms with Crippen LogP contribution < -0.4 is 5.32 Å². The molecule has 24 heavy (non-hydrogen) atoms. The number of thiophene rings is 1. The molecule has 7 heteroatoms. The standard InChI is InChI=1S/C17H25N3O3S/c1-11-9-15(24-10-11)17(23)18-13-3-4-14(16(13)22)20-7-5-19(6-8-20)12(2)21/h9-10,13-14,16,22H,3-8H2,1-2H3,(H,18,23)/t13-,14-,16-/m1/s1. The van der Waals surface area contributed by atoms with Crippen LogP contribution >= 0.6 is 11.3 Å². The summed E-state index contributed by atoms with van der Waals surface area (Å²) in [6, 6.07) is 1.74. The fourth-order valence-electron chi connectivity index (χ4n) is 3.67. The van der Waals surface area contributed by atoms with E-state index in [1.54, 1.807) is 6.92 Å². The highest BCUT2D eigenvalue weighted by Gasteiger charge is 2.40. The summed E-state index contributed by atoms with van der Waals surface area (Å²) in [5.74, 6) is 0.0113. The molecule has 1 saturated carbocycles. The molecular weight excluding hydrogens is 326 g/mol. The van der Waals surface area contributed by atoms with Gasteiger partial charge in [0.1, 0.15) is 0 Å². The van der Waals surface area contributed by atoms with Gasteiger partial charge in [-0.2, -0.15) is 0 Å². The number of hydrogen-bond donors (Lipinski definition) is 2. The lowest BCUT2D eigenvalue weighted by molar-refractivity contribution is -0.131. The summed E-state index contributed by atoms with van der Waals surface area (Å²) < 4.78 is 0. The molecule has 132 valence electrons. The van der Waals surface area contributed by atoms with Crippen molar-refractivity contribution in [3.8, 4) is 0 Å². The van der Waals surface area contributed by atoms with Crippen LogP contribution in [0.1, 0.15) is 35.0 Å². The van der Waals surface area contributed by atoms with Crippen LogP contribution in [0.3, 0.4) is 0 Å². The first-order valence-electron chi connectivity index (χ1n) is 8.49. The summed E-state index contributed by atoms with van der Waals surface area (Å²) in [5, 5.41) is 15.6. The Balaban J connectivity index is 1.54. The molecule has 2 aliphatic rings. The summed E-state index contributed by atoms with van der Waals surface area (Å²) in [6.45, 7) is 6.55. The molecular formula is C17H25N3O3S. The lowest BCUT2D eigenvalue weighted by Crippen LogP contribution is -2.55. The Hall–Kier alpha value is -1.44.